The van der Waals surface area contributed by atoms with Crippen molar-refractivity contribution in [3.05, 3.63) is 41.5 Å². The van der Waals surface area contributed by atoms with Gasteiger partial charge in [-0.3, -0.25) is 4.90 Å². The number of morpholine rings is 1. The summed E-state index contributed by atoms with van der Waals surface area (Å²) in [4.78, 5) is 17.0. The molecule has 5 heteroatoms. The van der Waals surface area contributed by atoms with Gasteiger partial charge in [-0.15, -0.1) is 0 Å². The molecule has 2 amide bonds. The third kappa shape index (κ3) is 8.59. The fraction of sp³-hybridized carbons (Fsp3) is 0.591. The molecule has 1 fully saturated rings. The van der Waals surface area contributed by atoms with Gasteiger partial charge in [0.15, 0.2) is 0 Å². The number of rotatable bonds is 10. The molecule has 5 nitrogen and oxygen atoms in total. The van der Waals surface area contributed by atoms with Gasteiger partial charge in [-0.05, 0) is 25.3 Å². The number of hydrogen-bond acceptors (Lipinski definition) is 3. The van der Waals surface area contributed by atoms with E-state index >= 15 is 0 Å². The molecule has 0 saturated carbocycles. The highest BCUT2D eigenvalue weighted by Crippen LogP contribution is 2.09. The van der Waals surface area contributed by atoms with E-state index in [2.05, 4.69) is 42.3 Å². The van der Waals surface area contributed by atoms with Gasteiger partial charge in [0, 0.05) is 39.3 Å². The Kier molecular flexibility index (Phi) is 9.95. The Morgan fingerprint density at radius 3 is 2.67 bits per heavy atom. The first-order valence-corrected chi connectivity index (χ1v) is 10.2. The Morgan fingerprint density at radius 1 is 1.22 bits per heavy atom. The van der Waals surface area contributed by atoms with E-state index in [-0.39, 0.29) is 6.03 Å². The van der Waals surface area contributed by atoms with Gasteiger partial charge in [0.1, 0.15) is 0 Å². The zero-order valence-corrected chi connectivity index (χ0v) is 17.0. The van der Waals surface area contributed by atoms with E-state index in [9.17, 15) is 4.79 Å². The first kappa shape index (κ1) is 21.5. The van der Waals surface area contributed by atoms with Gasteiger partial charge in [-0.2, -0.15) is 0 Å². The van der Waals surface area contributed by atoms with Crippen molar-refractivity contribution in [2.45, 2.75) is 33.1 Å². The van der Waals surface area contributed by atoms with E-state index in [1.807, 2.05) is 23.1 Å². The predicted octanol–water partition coefficient (Wildman–Crippen LogP) is 3.62. The predicted molar refractivity (Wildman–Crippen MR) is 112 cm³/mol. The van der Waals surface area contributed by atoms with Crippen molar-refractivity contribution in [2.75, 3.05) is 52.5 Å². The average molecular weight is 374 g/mol. The molecule has 0 aromatic heterocycles. The highest BCUT2D eigenvalue weighted by molar-refractivity contribution is 5.74. The van der Waals surface area contributed by atoms with Gasteiger partial charge in [-0.25, -0.2) is 4.79 Å². The van der Waals surface area contributed by atoms with Crippen molar-refractivity contribution in [1.29, 1.82) is 0 Å². The van der Waals surface area contributed by atoms with E-state index in [0.717, 1.165) is 65.2 Å². The smallest absolute Gasteiger partial charge is 0.317 e. The number of amides is 2. The van der Waals surface area contributed by atoms with Crippen LogP contribution in [-0.2, 0) is 4.74 Å². The Morgan fingerprint density at radius 2 is 1.96 bits per heavy atom. The number of nitrogens with one attached hydrogen (secondary N) is 1. The highest BCUT2D eigenvalue weighted by atomic mass is 16.5. The van der Waals surface area contributed by atoms with Crippen LogP contribution in [0.15, 0.2) is 35.9 Å². The zero-order chi connectivity index (χ0) is 19.3. The van der Waals surface area contributed by atoms with Crippen LogP contribution < -0.4 is 5.32 Å². The number of nitrogens with zero attached hydrogens (tertiary/aromatic N) is 2. The molecule has 1 heterocycles. The normalized spacial score (nSPS) is 15.6. The SMILES string of the molecule is CCCCNC(=O)N(CCCN1CCOCC1)C/C(C)=C/c1ccccc1. The zero-order valence-electron chi connectivity index (χ0n) is 17.0. The van der Waals surface area contributed by atoms with Crippen LogP contribution in [0, 0.1) is 0 Å². The third-order valence-corrected chi connectivity index (χ3v) is 4.75. The van der Waals surface area contributed by atoms with Crippen LogP contribution >= 0.6 is 0 Å². The average Bonchev–Trinajstić information content (AvgIpc) is 2.69. The molecule has 0 spiro atoms. The molecule has 0 atom stereocenters. The second-order valence-corrected chi connectivity index (χ2v) is 7.22. The highest BCUT2D eigenvalue weighted by Gasteiger charge is 2.15. The Labute approximate surface area is 164 Å². The fourth-order valence-corrected chi connectivity index (χ4v) is 3.23. The molecule has 0 radical (unpaired) electrons. The second-order valence-electron chi connectivity index (χ2n) is 7.22. The molecule has 2 rings (SSSR count). The number of benzene rings is 1. The van der Waals surface area contributed by atoms with E-state index in [1.165, 1.54) is 11.1 Å². The van der Waals surface area contributed by atoms with Crippen LogP contribution in [0.1, 0.15) is 38.7 Å². The van der Waals surface area contributed by atoms with Crippen molar-refractivity contribution in [1.82, 2.24) is 15.1 Å². The fourth-order valence-electron chi connectivity index (χ4n) is 3.23. The van der Waals surface area contributed by atoms with Gasteiger partial charge >= 0.3 is 6.03 Å². The molecule has 1 aliphatic rings. The molecule has 27 heavy (non-hydrogen) atoms. The van der Waals surface area contributed by atoms with E-state index in [4.69, 9.17) is 4.74 Å². The van der Waals surface area contributed by atoms with E-state index in [1.54, 1.807) is 0 Å². The molecule has 150 valence electrons. The summed E-state index contributed by atoms with van der Waals surface area (Å²) in [5.41, 5.74) is 2.37. The molecule has 1 aliphatic heterocycles. The van der Waals surface area contributed by atoms with Gasteiger partial charge in [0.25, 0.3) is 0 Å². The minimum absolute atomic E-state index is 0.0474. The van der Waals surface area contributed by atoms with Crippen molar-refractivity contribution in [2.24, 2.45) is 0 Å². The lowest BCUT2D eigenvalue weighted by molar-refractivity contribution is 0.0366. The Bertz CT molecular complexity index is 568. The van der Waals surface area contributed by atoms with Crippen LogP contribution in [-0.4, -0.2) is 68.3 Å². The number of urea groups is 1. The molecule has 1 aromatic rings. The van der Waals surface area contributed by atoms with Gasteiger partial charge in [0.05, 0.1) is 13.2 Å². The number of ether oxygens (including phenoxy) is 1. The lowest BCUT2D eigenvalue weighted by Crippen LogP contribution is -2.43. The summed E-state index contributed by atoms with van der Waals surface area (Å²) in [6.45, 7) is 11.1. The summed E-state index contributed by atoms with van der Waals surface area (Å²) in [6, 6.07) is 10.3. The van der Waals surface area contributed by atoms with Crippen LogP contribution in [0.2, 0.25) is 0 Å². The molecule has 0 aliphatic carbocycles. The number of carbonyl (C=O) groups is 1. The molecule has 1 N–H and O–H groups in total. The van der Waals surface area contributed by atoms with Crippen LogP contribution in [0.3, 0.4) is 0 Å². The van der Waals surface area contributed by atoms with E-state index < -0.39 is 0 Å². The van der Waals surface area contributed by atoms with Crippen LogP contribution in [0.5, 0.6) is 0 Å². The van der Waals surface area contributed by atoms with Crippen molar-refractivity contribution < 1.29 is 9.53 Å². The van der Waals surface area contributed by atoms with Gasteiger partial charge in [-0.1, -0.05) is 55.3 Å². The number of unbranched alkanes of at least 4 members (excludes halogenated alkanes) is 1. The Hall–Kier alpha value is -1.85. The van der Waals surface area contributed by atoms with Crippen molar-refractivity contribution in [3.63, 3.8) is 0 Å². The largest absolute Gasteiger partial charge is 0.379 e. The second kappa shape index (κ2) is 12.5. The first-order chi connectivity index (χ1) is 13.2. The molecular weight excluding hydrogens is 338 g/mol. The molecule has 0 unspecified atom stereocenters. The van der Waals surface area contributed by atoms with Crippen molar-refractivity contribution >= 4 is 12.1 Å². The maximum Gasteiger partial charge on any atom is 0.317 e. The first-order valence-electron chi connectivity index (χ1n) is 10.2. The lowest BCUT2D eigenvalue weighted by atomic mass is 10.1. The standard InChI is InChI=1S/C22H35N3O2/c1-3-4-11-23-22(26)25(13-8-12-24-14-16-27-17-15-24)19-20(2)18-21-9-6-5-7-10-21/h5-7,9-10,18H,3-4,8,11-17,19H2,1-2H3,(H,23,26)/b20-18+. The molecule has 0 bridgehead atoms. The third-order valence-electron chi connectivity index (χ3n) is 4.75. The molecule has 1 aromatic carbocycles. The summed E-state index contributed by atoms with van der Waals surface area (Å²) in [6.07, 6.45) is 5.25. The lowest BCUT2D eigenvalue weighted by Gasteiger charge is -2.28. The van der Waals surface area contributed by atoms with Crippen molar-refractivity contribution in [3.8, 4) is 0 Å². The summed E-state index contributed by atoms with van der Waals surface area (Å²) >= 11 is 0. The summed E-state index contributed by atoms with van der Waals surface area (Å²) < 4.78 is 5.41. The Balaban J connectivity index is 1.89. The molecular formula is C22H35N3O2. The number of hydrogen-bond donors (Lipinski definition) is 1. The van der Waals surface area contributed by atoms with Gasteiger partial charge < -0.3 is 15.0 Å². The maximum absolute atomic E-state index is 12.6. The van der Waals surface area contributed by atoms with Crippen LogP contribution in [0.4, 0.5) is 4.79 Å². The minimum atomic E-state index is 0.0474. The van der Waals surface area contributed by atoms with Crippen LogP contribution in [0.25, 0.3) is 6.08 Å². The summed E-state index contributed by atoms with van der Waals surface area (Å²) in [5.74, 6) is 0. The maximum atomic E-state index is 12.6. The quantitative estimate of drug-likeness (QED) is 0.637. The minimum Gasteiger partial charge on any atom is -0.379 e. The number of carbonyl (C=O) groups excluding carboxylic acids is 1. The molecule has 1 saturated heterocycles. The summed E-state index contributed by atoms with van der Waals surface area (Å²) in [7, 11) is 0. The monoisotopic (exact) mass is 373 g/mol. The summed E-state index contributed by atoms with van der Waals surface area (Å²) in [5, 5.41) is 3.07. The van der Waals surface area contributed by atoms with Gasteiger partial charge in [0.2, 0.25) is 0 Å². The van der Waals surface area contributed by atoms with E-state index in [0.29, 0.717) is 6.54 Å². The topological polar surface area (TPSA) is 44.8 Å².